The zero-order chi connectivity index (χ0) is 14.4. The summed E-state index contributed by atoms with van der Waals surface area (Å²) in [6.07, 6.45) is 5.86. The lowest BCUT2D eigenvalue weighted by molar-refractivity contribution is 0.110. The van der Waals surface area contributed by atoms with Crippen molar-refractivity contribution in [3.05, 3.63) is 29.6 Å². The smallest absolute Gasteiger partial charge is 0.0544 e. The van der Waals surface area contributed by atoms with E-state index >= 15 is 0 Å². The molecule has 0 unspecified atom stereocenters. The van der Waals surface area contributed by atoms with Crippen LogP contribution < -0.4 is 5.32 Å². The normalized spacial score (nSPS) is 19.1. The molecule has 0 saturated carbocycles. The Labute approximate surface area is 123 Å². The second-order valence-corrected chi connectivity index (χ2v) is 6.81. The summed E-state index contributed by atoms with van der Waals surface area (Å²) in [4.78, 5) is 7.16. The molecule has 1 aromatic heterocycles. The molecule has 0 spiro atoms. The van der Waals surface area contributed by atoms with Gasteiger partial charge in [-0.05, 0) is 49.4 Å². The van der Waals surface area contributed by atoms with Gasteiger partial charge >= 0.3 is 0 Å². The highest BCUT2D eigenvalue weighted by Gasteiger charge is 2.26. The number of piperidine rings is 1. The molecule has 112 valence electrons. The first-order valence-electron chi connectivity index (χ1n) is 7.96. The third kappa shape index (κ3) is 4.88. The van der Waals surface area contributed by atoms with Crippen LogP contribution in [0.15, 0.2) is 18.3 Å². The van der Waals surface area contributed by atoms with Gasteiger partial charge in [0.2, 0.25) is 0 Å². The first-order valence-corrected chi connectivity index (χ1v) is 7.96. The summed E-state index contributed by atoms with van der Waals surface area (Å²) in [5, 5.41) is 3.41. The lowest BCUT2D eigenvalue weighted by atomic mass is 9.84. The Bertz CT molecular complexity index is 397. The molecule has 1 saturated heterocycles. The summed E-state index contributed by atoms with van der Waals surface area (Å²) in [6.45, 7) is 12.3. The van der Waals surface area contributed by atoms with E-state index in [4.69, 9.17) is 0 Å². The minimum Gasteiger partial charge on any atom is -0.313 e. The number of hydrogen-bond acceptors (Lipinski definition) is 3. The molecular formula is C17H29N3. The molecule has 0 bridgehead atoms. The monoisotopic (exact) mass is 275 g/mol. The van der Waals surface area contributed by atoms with Crippen molar-refractivity contribution in [3.63, 3.8) is 0 Å². The molecular weight excluding hydrogens is 246 g/mol. The highest BCUT2D eigenvalue weighted by atomic mass is 15.1. The van der Waals surface area contributed by atoms with Gasteiger partial charge in [-0.3, -0.25) is 9.88 Å². The lowest BCUT2D eigenvalue weighted by Crippen LogP contribution is -2.39. The first-order chi connectivity index (χ1) is 9.59. The van der Waals surface area contributed by atoms with E-state index in [-0.39, 0.29) is 0 Å². The number of pyridine rings is 1. The molecule has 0 aliphatic carbocycles. The van der Waals surface area contributed by atoms with Gasteiger partial charge in [-0.15, -0.1) is 0 Å². The van der Waals surface area contributed by atoms with Gasteiger partial charge in [-0.25, -0.2) is 0 Å². The van der Waals surface area contributed by atoms with E-state index in [2.05, 4.69) is 48.1 Å². The van der Waals surface area contributed by atoms with Crippen LogP contribution >= 0.6 is 0 Å². The Morgan fingerprint density at radius 2 is 2.20 bits per heavy atom. The SMILES string of the molecule is CCCNCc1ccc(CN2CCCC(C)(C)C2)nc1. The van der Waals surface area contributed by atoms with E-state index in [1.807, 2.05) is 6.20 Å². The van der Waals surface area contributed by atoms with Gasteiger partial charge in [-0.1, -0.05) is 26.8 Å². The Morgan fingerprint density at radius 1 is 1.35 bits per heavy atom. The molecule has 1 aliphatic rings. The van der Waals surface area contributed by atoms with Crippen LogP contribution in [-0.2, 0) is 13.1 Å². The highest BCUT2D eigenvalue weighted by molar-refractivity contribution is 5.14. The van der Waals surface area contributed by atoms with E-state index in [1.165, 1.54) is 43.6 Å². The summed E-state index contributed by atoms with van der Waals surface area (Å²) in [5.74, 6) is 0. The van der Waals surface area contributed by atoms with Crippen molar-refractivity contribution in [1.82, 2.24) is 15.2 Å². The maximum Gasteiger partial charge on any atom is 0.0544 e. The largest absolute Gasteiger partial charge is 0.313 e. The summed E-state index contributed by atoms with van der Waals surface area (Å²) in [7, 11) is 0. The average molecular weight is 275 g/mol. The predicted octanol–water partition coefficient (Wildman–Crippen LogP) is 3.20. The molecule has 0 amide bonds. The Hall–Kier alpha value is -0.930. The summed E-state index contributed by atoms with van der Waals surface area (Å²) >= 11 is 0. The van der Waals surface area contributed by atoms with Crippen LogP contribution in [-0.4, -0.2) is 29.5 Å². The molecule has 0 radical (unpaired) electrons. The van der Waals surface area contributed by atoms with E-state index < -0.39 is 0 Å². The van der Waals surface area contributed by atoms with Crippen LogP contribution in [0.1, 0.15) is 51.3 Å². The van der Waals surface area contributed by atoms with Gasteiger partial charge in [-0.2, -0.15) is 0 Å². The second kappa shape index (κ2) is 7.19. The molecule has 0 atom stereocenters. The van der Waals surface area contributed by atoms with Gasteiger partial charge in [0, 0.05) is 25.8 Å². The Morgan fingerprint density at radius 3 is 2.85 bits per heavy atom. The molecule has 1 N–H and O–H groups in total. The number of nitrogens with one attached hydrogen (secondary N) is 1. The molecule has 20 heavy (non-hydrogen) atoms. The number of nitrogens with zero attached hydrogens (tertiary/aromatic N) is 2. The average Bonchev–Trinajstić information content (AvgIpc) is 2.40. The molecule has 2 heterocycles. The summed E-state index contributed by atoms with van der Waals surface area (Å²) < 4.78 is 0. The third-order valence-electron chi connectivity index (χ3n) is 4.01. The standard InChI is InChI=1S/C17H29N3/c1-4-9-18-11-15-6-7-16(19-12-15)13-20-10-5-8-17(2,3)14-20/h6-7,12,18H,4-5,8-11,13-14H2,1-3H3. The minimum atomic E-state index is 0.461. The number of aromatic nitrogens is 1. The van der Waals surface area contributed by atoms with E-state index in [0.717, 1.165) is 19.6 Å². The van der Waals surface area contributed by atoms with Crippen LogP contribution in [0.2, 0.25) is 0 Å². The summed E-state index contributed by atoms with van der Waals surface area (Å²) in [6, 6.07) is 4.39. The fourth-order valence-electron chi connectivity index (χ4n) is 2.97. The van der Waals surface area contributed by atoms with Crippen LogP contribution in [0.25, 0.3) is 0 Å². The zero-order valence-corrected chi connectivity index (χ0v) is 13.3. The second-order valence-electron chi connectivity index (χ2n) is 6.81. The van der Waals surface area contributed by atoms with Gasteiger partial charge < -0.3 is 5.32 Å². The maximum absolute atomic E-state index is 4.62. The van der Waals surface area contributed by atoms with Crippen molar-refractivity contribution >= 4 is 0 Å². The fourth-order valence-corrected chi connectivity index (χ4v) is 2.97. The molecule has 1 aliphatic heterocycles. The van der Waals surface area contributed by atoms with Crippen LogP contribution in [0.4, 0.5) is 0 Å². The number of hydrogen-bond donors (Lipinski definition) is 1. The molecule has 0 aromatic carbocycles. The van der Waals surface area contributed by atoms with Gasteiger partial charge in [0.25, 0.3) is 0 Å². The topological polar surface area (TPSA) is 28.2 Å². The van der Waals surface area contributed by atoms with E-state index in [9.17, 15) is 0 Å². The fraction of sp³-hybridized carbons (Fsp3) is 0.706. The van der Waals surface area contributed by atoms with E-state index in [1.54, 1.807) is 0 Å². The molecule has 1 fully saturated rings. The van der Waals surface area contributed by atoms with E-state index in [0.29, 0.717) is 5.41 Å². The maximum atomic E-state index is 4.62. The van der Waals surface area contributed by atoms with Gasteiger partial charge in [0.1, 0.15) is 0 Å². The van der Waals surface area contributed by atoms with Gasteiger partial charge in [0.05, 0.1) is 5.69 Å². The summed E-state index contributed by atoms with van der Waals surface area (Å²) in [5.41, 5.74) is 2.94. The molecule has 3 nitrogen and oxygen atoms in total. The number of likely N-dealkylation sites (tertiary alicyclic amines) is 1. The van der Waals surface area contributed by atoms with Crippen LogP contribution in [0, 0.1) is 5.41 Å². The number of rotatable bonds is 6. The Kier molecular flexibility index (Phi) is 5.55. The van der Waals surface area contributed by atoms with Crippen molar-refractivity contribution in [3.8, 4) is 0 Å². The minimum absolute atomic E-state index is 0.461. The Balaban J connectivity index is 1.84. The third-order valence-corrected chi connectivity index (χ3v) is 4.01. The van der Waals surface area contributed by atoms with Crippen molar-refractivity contribution in [2.24, 2.45) is 5.41 Å². The van der Waals surface area contributed by atoms with Crippen molar-refractivity contribution in [2.45, 2.75) is 53.1 Å². The quantitative estimate of drug-likeness (QED) is 0.808. The first kappa shape index (κ1) is 15.5. The van der Waals surface area contributed by atoms with Crippen molar-refractivity contribution in [1.29, 1.82) is 0 Å². The molecule has 1 aromatic rings. The molecule has 2 rings (SSSR count). The molecule has 3 heteroatoms. The predicted molar refractivity (Wildman–Crippen MR) is 84.5 cm³/mol. The lowest BCUT2D eigenvalue weighted by Gasteiger charge is -2.37. The van der Waals surface area contributed by atoms with Crippen molar-refractivity contribution < 1.29 is 0 Å². The van der Waals surface area contributed by atoms with Crippen LogP contribution in [0.3, 0.4) is 0 Å². The van der Waals surface area contributed by atoms with Gasteiger partial charge in [0.15, 0.2) is 0 Å². The van der Waals surface area contributed by atoms with Crippen molar-refractivity contribution in [2.75, 3.05) is 19.6 Å². The zero-order valence-electron chi connectivity index (χ0n) is 13.3. The van der Waals surface area contributed by atoms with Crippen LogP contribution in [0.5, 0.6) is 0 Å². The highest BCUT2D eigenvalue weighted by Crippen LogP contribution is 2.28.